The average molecular weight is 228 g/mol. The summed E-state index contributed by atoms with van der Waals surface area (Å²) in [5.74, 6) is -0.0964. The predicted molar refractivity (Wildman–Crippen MR) is 59.9 cm³/mol. The first-order valence-corrected chi connectivity index (χ1v) is 5.58. The lowest BCUT2D eigenvalue weighted by molar-refractivity contribution is -0.151. The van der Waals surface area contributed by atoms with Crippen LogP contribution in [0.25, 0.3) is 0 Å². The SMILES string of the molecule is COCCCCN1C(=O)CNC(=O)C1(C)C. The number of hydrogen-bond donors (Lipinski definition) is 1. The number of rotatable bonds is 5. The first-order chi connectivity index (χ1) is 7.50. The lowest BCUT2D eigenvalue weighted by Gasteiger charge is -2.41. The fourth-order valence-electron chi connectivity index (χ4n) is 1.82. The molecule has 0 aromatic carbocycles. The van der Waals surface area contributed by atoms with Gasteiger partial charge in [0.2, 0.25) is 11.8 Å². The van der Waals surface area contributed by atoms with Gasteiger partial charge < -0.3 is 15.0 Å². The number of hydrogen-bond acceptors (Lipinski definition) is 3. The number of unbranched alkanes of at least 4 members (excludes halogenated alkanes) is 1. The highest BCUT2D eigenvalue weighted by atomic mass is 16.5. The number of amides is 2. The number of nitrogens with zero attached hydrogens (tertiary/aromatic N) is 1. The van der Waals surface area contributed by atoms with E-state index in [1.165, 1.54) is 0 Å². The van der Waals surface area contributed by atoms with Gasteiger partial charge in [-0.05, 0) is 26.7 Å². The van der Waals surface area contributed by atoms with Crippen molar-refractivity contribution >= 4 is 11.8 Å². The summed E-state index contributed by atoms with van der Waals surface area (Å²) in [7, 11) is 1.66. The molecule has 0 aromatic heterocycles. The Bertz CT molecular complexity index is 276. The van der Waals surface area contributed by atoms with Crippen molar-refractivity contribution in [3.8, 4) is 0 Å². The summed E-state index contributed by atoms with van der Waals surface area (Å²) < 4.78 is 4.95. The topological polar surface area (TPSA) is 58.6 Å². The van der Waals surface area contributed by atoms with E-state index in [0.717, 1.165) is 12.8 Å². The molecule has 1 aliphatic rings. The largest absolute Gasteiger partial charge is 0.385 e. The monoisotopic (exact) mass is 228 g/mol. The summed E-state index contributed by atoms with van der Waals surface area (Å²) in [5, 5.41) is 2.60. The number of nitrogens with one attached hydrogen (secondary N) is 1. The zero-order valence-electron chi connectivity index (χ0n) is 10.2. The molecule has 0 aliphatic carbocycles. The van der Waals surface area contributed by atoms with Crippen LogP contribution in [-0.4, -0.2) is 49.1 Å². The second-order valence-corrected chi connectivity index (χ2v) is 4.49. The van der Waals surface area contributed by atoms with Crippen molar-refractivity contribution in [2.45, 2.75) is 32.2 Å². The van der Waals surface area contributed by atoms with Crippen molar-refractivity contribution in [1.82, 2.24) is 10.2 Å². The highest BCUT2D eigenvalue weighted by Crippen LogP contribution is 2.18. The smallest absolute Gasteiger partial charge is 0.245 e. The highest BCUT2D eigenvalue weighted by molar-refractivity contribution is 5.97. The van der Waals surface area contributed by atoms with E-state index in [1.807, 2.05) is 0 Å². The van der Waals surface area contributed by atoms with Crippen LogP contribution in [0, 0.1) is 0 Å². The molecule has 5 nitrogen and oxygen atoms in total. The predicted octanol–water partition coefficient (Wildman–Crippen LogP) is 0.150. The fourth-order valence-corrected chi connectivity index (χ4v) is 1.82. The third-order valence-corrected chi connectivity index (χ3v) is 2.91. The maximum absolute atomic E-state index is 11.7. The molecule has 1 aliphatic heterocycles. The maximum atomic E-state index is 11.7. The minimum Gasteiger partial charge on any atom is -0.385 e. The molecule has 5 heteroatoms. The zero-order valence-corrected chi connectivity index (χ0v) is 10.2. The van der Waals surface area contributed by atoms with E-state index in [1.54, 1.807) is 25.9 Å². The summed E-state index contributed by atoms with van der Waals surface area (Å²) in [5.41, 5.74) is -0.734. The molecule has 0 saturated carbocycles. The minimum atomic E-state index is -0.734. The van der Waals surface area contributed by atoms with E-state index >= 15 is 0 Å². The lowest BCUT2D eigenvalue weighted by Crippen LogP contribution is -2.64. The fraction of sp³-hybridized carbons (Fsp3) is 0.818. The molecule has 1 heterocycles. The Kier molecular flexibility index (Phi) is 4.29. The Morgan fingerprint density at radius 1 is 1.38 bits per heavy atom. The highest BCUT2D eigenvalue weighted by Gasteiger charge is 2.40. The summed E-state index contributed by atoms with van der Waals surface area (Å²) in [4.78, 5) is 25.0. The summed E-state index contributed by atoms with van der Waals surface area (Å²) in [6, 6.07) is 0. The number of ether oxygens (including phenoxy) is 1. The average Bonchev–Trinajstić information content (AvgIpc) is 2.23. The van der Waals surface area contributed by atoms with E-state index in [4.69, 9.17) is 4.74 Å². The standard InChI is InChI=1S/C11H20N2O3/c1-11(2)10(15)12-8-9(14)13(11)6-4-5-7-16-3/h4-8H2,1-3H3,(H,12,15). The molecule has 2 amide bonds. The molecule has 16 heavy (non-hydrogen) atoms. The van der Waals surface area contributed by atoms with Crippen molar-refractivity contribution in [1.29, 1.82) is 0 Å². The van der Waals surface area contributed by atoms with Crippen molar-refractivity contribution in [3.63, 3.8) is 0 Å². The van der Waals surface area contributed by atoms with Gasteiger partial charge in [-0.15, -0.1) is 0 Å². The van der Waals surface area contributed by atoms with Gasteiger partial charge in [0.05, 0.1) is 6.54 Å². The molecule has 0 bridgehead atoms. The minimum absolute atomic E-state index is 0.0120. The van der Waals surface area contributed by atoms with Crippen LogP contribution < -0.4 is 5.32 Å². The van der Waals surface area contributed by atoms with E-state index in [2.05, 4.69) is 5.32 Å². The number of methoxy groups -OCH3 is 1. The number of piperazine rings is 1. The van der Waals surface area contributed by atoms with Crippen LogP contribution in [0.2, 0.25) is 0 Å². The quantitative estimate of drug-likeness (QED) is 0.681. The molecule has 0 spiro atoms. The van der Waals surface area contributed by atoms with Crippen LogP contribution in [0.5, 0.6) is 0 Å². The molecule has 1 fully saturated rings. The second kappa shape index (κ2) is 5.30. The molecule has 0 unspecified atom stereocenters. The van der Waals surface area contributed by atoms with Crippen LogP contribution in [0.15, 0.2) is 0 Å². The van der Waals surface area contributed by atoms with Crippen molar-refractivity contribution in [3.05, 3.63) is 0 Å². The third-order valence-electron chi connectivity index (χ3n) is 2.91. The van der Waals surface area contributed by atoms with Crippen LogP contribution >= 0.6 is 0 Å². The van der Waals surface area contributed by atoms with Crippen molar-refractivity contribution in [2.75, 3.05) is 26.8 Å². The van der Waals surface area contributed by atoms with Crippen LogP contribution in [0.1, 0.15) is 26.7 Å². The maximum Gasteiger partial charge on any atom is 0.245 e. The van der Waals surface area contributed by atoms with Crippen LogP contribution in [-0.2, 0) is 14.3 Å². The van der Waals surface area contributed by atoms with Gasteiger partial charge in [-0.25, -0.2) is 0 Å². The molecule has 0 aromatic rings. The van der Waals surface area contributed by atoms with Gasteiger partial charge in [-0.3, -0.25) is 9.59 Å². The number of carbonyl (C=O) groups excluding carboxylic acids is 2. The van der Waals surface area contributed by atoms with Gasteiger partial charge in [-0.1, -0.05) is 0 Å². The van der Waals surface area contributed by atoms with Gasteiger partial charge >= 0.3 is 0 Å². The van der Waals surface area contributed by atoms with Crippen LogP contribution in [0.4, 0.5) is 0 Å². The van der Waals surface area contributed by atoms with E-state index in [-0.39, 0.29) is 18.4 Å². The summed E-state index contributed by atoms with van der Waals surface area (Å²) in [6.45, 7) is 4.97. The van der Waals surface area contributed by atoms with E-state index < -0.39 is 5.54 Å². The van der Waals surface area contributed by atoms with E-state index in [0.29, 0.717) is 13.2 Å². The lowest BCUT2D eigenvalue weighted by atomic mass is 9.98. The molecular weight excluding hydrogens is 208 g/mol. The van der Waals surface area contributed by atoms with Crippen molar-refractivity contribution in [2.24, 2.45) is 0 Å². The van der Waals surface area contributed by atoms with Gasteiger partial charge in [-0.2, -0.15) is 0 Å². The Hall–Kier alpha value is -1.10. The number of carbonyl (C=O) groups is 2. The first-order valence-electron chi connectivity index (χ1n) is 5.58. The molecule has 1 rings (SSSR count). The van der Waals surface area contributed by atoms with Gasteiger partial charge in [0, 0.05) is 20.3 Å². The normalized spacial score (nSPS) is 19.8. The Morgan fingerprint density at radius 2 is 2.06 bits per heavy atom. The van der Waals surface area contributed by atoms with Gasteiger partial charge in [0.25, 0.3) is 0 Å². The molecular formula is C11H20N2O3. The molecule has 1 saturated heterocycles. The van der Waals surface area contributed by atoms with Crippen molar-refractivity contribution < 1.29 is 14.3 Å². The molecule has 92 valence electrons. The Labute approximate surface area is 96.1 Å². The summed E-state index contributed by atoms with van der Waals surface area (Å²) in [6.07, 6.45) is 1.76. The van der Waals surface area contributed by atoms with Gasteiger partial charge in [0.15, 0.2) is 0 Å². The molecule has 0 atom stereocenters. The van der Waals surface area contributed by atoms with E-state index in [9.17, 15) is 9.59 Å². The summed E-state index contributed by atoms with van der Waals surface area (Å²) >= 11 is 0. The molecule has 1 N–H and O–H groups in total. The molecule has 0 radical (unpaired) electrons. The second-order valence-electron chi connectivity index (χ2n) is 4.49. The zero-order chi connectivity index (χ0) is 12.2. The van der Waals surface area contributed by atoms with Gasteiger partial charge in [0.1, 0.15) is 5.54 Å². The Balaban J connectivity index is 2.53. The first kappa shape index (κ1) is 13.0. The Morgan fingerprint density at radius 3 is 2.69 bits per heavy atom. The third kappa shape index (κ3) is 2.72. The van der Waals surface area contributed by atoms with Crippen LogP contribution in [0.3, 0.4) is 0 Å².